The molecular formula is C26H30N4O2. The third-order valence-electron chi connectivity index (χ3n) is 5.94. The van der Waals surface area contributed by atoms with Gasteiger partial charge >= 0.3 is 0 Å². The number of para-hydroxylation sites is 1. The Bertz CT molecular complexity index is 1050. The van der Waals surface area contributed by atoms with Gasteiger partial charge in [0.05, 0.1) is 5.92 Å². The lowest BCUT2D eigenvalue weighted by atomic mass is 9.97. The van der Waals surface area contributed by atoms with Gasteiger partial charge in [-0.1, -0.05) is 49.4 Å². The normalized spacial score (nSPS) is 15.9. The average Bonchev–Trinajstić information content (AvgIpc) is 2.84. The van der Waals surface area contributed by atoms with Gasteiger partial charge in [0.15, 0.2) is 5.82 Å². The van der Waals surface area contributed by atoms with Crippen molar-refractivity contribution >= 4 is 11.7 Å². The molecule has 0 bridgehead atoms. The van der Waals surface area contributed by atoms with Gasteiger partial charge in [-0.25, -0.2) is 9.97 Å². The summed E-state index contributed by atoms with van der Waals surface area (Å²) >= 11 is 0. The molecule has 1 atom stereocenters. The van der Waals surface area contributed by atoms with Gasteiger partial charge in [-0.2, -0.15) is 0 Å². The second-order valence-corrected chi connectivity index (χ2v) is 8.23. The van der Waals surface area contributed by atoms with E-state index < -0.39 is 0 Å². The smallest absolute Gasteiger partial charge is 0.263 e. The van der Waals surface area contributed by atoms with Gasteiger partial charge in [0, 0.05) is 32.0 Å². The van der Waals surface area contributed by atoms with Crippen LogP contribution >= 0.6 is 0 Å². The first-order valence-corrected chi connectivity index (χ1v) is 11.3. The Balaban J connectivity index is 1.41. The number of nitrogens with zero attached hydrogens (tertiary/aromatic N) is 3. The van der Waals surface area contributed by atoms with Crippen molar-refractivity contribution in [3.63, 3.8) is 0 Å². The molecule has 3 aromatic rings. The lowest BCUT2D eigenvalue weighted by molar-refractivity contribution is -0.125. The highest BCUT2D eigenvalue weighted by molar-refractivity contribution is 5.79. The zero-order chi connectivity index (χ0) is 22.3. The molecule has 6 heteroatoms. The first kappa shape index (κ1) is 21.8. The van der Waals surface area contributed by atoms with E-state index in [0.29, 0.717) is 24.8 Å². The number of amides is 1. The SMILES string of the molecule is CCc1ccc(CNC(=O)C2CCCN(c3nccnc3Oc3ccccc3C)C2)cc1. The maximum absolute atomic E-state index is 12.9. The zero-order valence-corrected chi connectivity index (χ0v) is 18.8. The molecule has 1 unspecified atom stereocenters. The van der Waals surface area contributed by atoms with E-state index in [1.54, 1.807) is 12.4 Å². The van der Waals surface area contributed by atoms with E-state index in [1.807, 2.05) is 31.2 Å². The second kappa shape index (κ2) is 10.3. The number of piperidine rings is 1. The number of anilines is 1. The van der Waals surface area contributed by atoms with Crippen molar-refractivity contribution in [2.75, 3.05) is 18.0 Å². The van der Waals surface area contributed by atoms with Crippen LogP contribution in [0.4, 0.5) is 5.82 Å². The number of hydrogen-bond donors (Lipinski definition) is 1. The van der Waals surface area contributed by atoms with E-state index in [9.17, 15) is 4.79 Å². The van der Waals surface area contributed by atoms with E-state index in [2.05, 4.69) is 51.4 Å². The van der Waals surface area contributed by atoms with Crippen LogP contribution in [-0.4, -0.2) is 29.0 Å². The van der Waals surface area contributed by atoms with Crippen LogP contribution in [0.3, 0.4) is 0 Å². The van der Waals surface area contributed by atoms with Crippen LogP contribution in [0.1, 0.15) is 36.5 Å². The molecule has 0 radical (unpaired) electrons. The Hall–Kier alpha value is -3.41. The number of nitrogens with one attached hydrogen (secondary N) is 1. The summed E-state index contributed by atoms with van der Waals surface area (Å²) in [5, 5.41) is 3.11. The predicted molar refractivity (Wildman–Crippen MR) is 126 cm³/mol. The fourth-order valence-electron chi connectivity index (χ4n) is 3.99. The molecule has 4 rings (SSSR count). The number of ether oxygens (including phenoxy) is 1. The summed E-state index contributed by atoms with van der Waals surface area (Å²) in [7, 11) is 0. The average molecular weight is 431 g/mol. The molecule has 1 amide bonds. The first-order chi connectivity index (χ1) is 15.6. The summed E-state index contributed by atoms with van der Waals surface area (Å²) in [6, 6.07) is 16.3. The number of carbonyl (C=O) groups is 1. The molecule has 0 aliphatic carbocycles. The summed E-state index contributed by atoms with van der Waals surface area (Å²) in [5.41, 5.74) is 3.45. The molecule has 1 aromatic heterocycles. The third kappa shape index (κ3) is 5.25. The fraction of sp³-hybridized carbons (Fsp3) is 0.346. The molecule has 0 spiro atoms. The van der Waals surface area contributed by atoms with Gasteiger partial charge in [0.25, 0.3) is 5.88 Å². The lowest BCUT2D eigenvalue weighted by Crippen LogP contribution is -2.43. The highest BCUT2D eigenvalue weighted by atomic mass is 16.5. The van der Waals surface area contributed by atoms with Gasteiger partial charge in [-0.05, 0) is 48.9 Å². The van der Waals surface area contributed by atoms with Crippen molar-refractivity contribution in [3.8, 4) is 11.6 Å². The van der Waals surface area contributed by atoms with Crippen LogP contribution in [0.15, 0.2) is 60.9 Å². The van der Waals surface area contributed by atoms with Gasteiger partial charge < -0.3 is 15.0 Å². The van der Waals surface area contributed by atoms with E-state index >= 15 is 0 Å². The molecule has 32 heavy (non-hydrogen) atoms. The number of aromatic nitrogens is 2. The maximum atomic E-state index is 12.9. The van der Waals surface area contributed by atoms with Crippen molar-refractivity contribution in [2.24, 2.45) is 5.92 Å². The van der Waals surface area contributed by atoms with Crippen LogP contribution in [0.2, 0.25) is 0 Å². The largest absolute Gasteiger partial charge is 0.436 e. The number of rotatable bonds is 7. The van der Waals surface area contributed by atoms with E-state index in [4.69, 9.17) is 4.74 Å². The Morgan fingerprint density at radius 1 is 1.09 bits per heavy atom. The second-order valence-electron chi connectivity index (χ2n) is 8.23. The first-order valence-electron chi connectivity index (χ1n) is 11.3. The van der Waals surface area contributed by atoms with Crippen molar-refractivity contribution in [3.05, 3.63) is 77.6 Å². The van der Waals surface area contributed by atoms with Crippen LogP contribution in [0.25, 0.3) is 0 Å². The molecule has 2 aromatic carbocycles. The summed E-state index contributed by atoms with van der Waals surface area (Å²) in [4.78, 5) is 24.0. The van der Waals surface area contributed by atoms with E-state index in [-0.39, 0.29) is 11.8 Å². The highest BCUT2D eigenvalue weighted by Crippen LogP contribution is 2.32. The zero-order valence-electron chi connectivity index (χ0n) is 18.8. The molecule has 6 nitrogen and oxygen atoms in total. The molecular weight excluding hydrogens is 400 g/mol. The molecule has 1 aliphatic rings. The van der Waals surface area contributed by atoms with E-state index in [1.165, 1.54) is 5.56 Å². The summed E-state index contributed by atoms with van der Waals surface area (Å²) in [6.07, 6.45) is 6.11. The molecule has 166 valence electrons. The molecule has 0 saturated carbocycles. The lowest BCUT2D eigenvalue weighted by Gasteiger charge is -2.33. The van der Waals surface area contributed by atoms with Crippen LogP contribution < -0.4 is 15.0 Å². The summed E-state index contributed by atoms with van der Waals surface area (Å²) in [5.74, 6) is 1.91. The minimum atomic E-state index is -0.0908. The van der Waals surface area contributed by atoms with Gasteiger partial charge in [-0.15, -0.1) is 0 Å². The van der Waals surface area contributed by atoms with Gasteiger partial charge in [0.1, 0.15) is 5.75 Å². The van der Waals surface area contributed by atoms with E-state index in [0.717, 1.165) is 42.7 Å². The quantitative estimate of drug-likeness (QED) is 0.590. The van der Waals surface area contributed by atoms with Crippen molar-refractivity contribution in [1.29, 1.82) is 0 Å². The summed E-state index contributed by atoms with van der Waals surface area (Å²) < 4.78 is 6.10. The Labute approximate surface area is 189 Å². The van der Waals surface area contributed by atoms with Crippen molar-refractivity contribution < 1.29 is 9.53 Å². The monoisotopic (exact) mass is 430 g/mol. The summed E-state index contributed by atoms with van der Waals surface area (Å²) in [6.45, 7) is 6.11. The molecule has 1 N–H and O–H groups in total. The molecule has 2 heterocycles. The molecule has 1 saturated heterocycles. The maximum Gasteiger partial charge on any atom is 0.263 e. The molecule has 1 fully saturated rings. The van der Waals surface area contributed by atoms with Gasteiger partial charge in [-0.3, -0.25) is 4.79 Å². The number of carbonyl (C=O) groups excluding carboxylic acids is 1. The van der Waals surface area contributed by atoms with Crippen LogP contribution in [-0.2, 0) is 17.8 Å². The minimum Gasteiger partial charge on any atom is -0.436 e. The van der Waals surface area contributed by atoms with Crippen LogP contribution in [0, 0.1) is 12.8 Å². The Morgan fingerprint density at radius 2 is 1.84 bits per heavy atom. The van der Waals surface area contributed by atoms with Crippen molar-refractivity contribution in [1.82, 2.24) is 15.3 Å². The Kier molecular flexibility index (Phi) is 7.00. The highest BCUT2D eigenvalue weighted by Gasteiger charge is 2.28. The third-order valence-corrected chi connectivity index (χ3v) is 5.94. The fourth-order valence-corrected chi connectivity index (χ4v) is 3.99. The van der Waals surface area contributed by atoms with Gasteiger partial charge in [0.2, 0.25) is 5.91 Å². The predicted octanol–water partition coefficient (Wildman–Crippen LogP) is 4.67. The Morgan fingerprint density at radius 3 is 2.62 bits per heavy atom. The number of hydrogen-bond acceptors (Lipinski definition) is 5. The topological polar surface area (TPSA) is 67.4 Å². The number of aryl methyl sites for hydroxylation is 2. The standard InChI is InChI=1S/C26H30N4O2/c1-3-20-10-12-21(13-11-20)17-29-25(31)22-8-6-16-30(18-22)24-26(28-15-14-27-24)32-23-9-5-4-7-19(23)2/h4-5,7,9-15,22H,3,6,8,16-18H2,1-2H3,(H,29,31). The van der Waals surface area contributed by atoms with Crippen LogP contribution in [0.5, 0.6) is 11.6 Å². The molecule has 1 aliphatic heterocycles. The number of benzene rings is 2. The minimum absolute atomic E-state index is 0.0829. The van der Waals surface area contributed by atoms with Crippen molar-refractivity contribution in [2.45, 2.75) is 39.7 Å².